The highest BCUT2D eigenvalue weighted by Gasteiger charge is 2.12. The first kappa shape index (κ1) is 11.7. The number of fused-ring (bicyclic) bond motifs is 1. The van der Waals surface area contributed by atoms with Crippen molar-refractivity contribution in [2.45, 2.75) is 6.92 Å². The van der Waals surface area contributed by atoms with Crippen LogP contribution < -0.4 is 5.32 Å². The Morgan fingerprint density at radius 3 is 2.89 bits per heavy atom. The smallest absolute Gasteiger partial charge is 0.259 e. The van der Waals surface area contributed by atoms with Gasteiger partial charge in [-0.15, -0.1) is 11.3 Å². The highest BCUT2D eigenvalue weighted by atomic mass is 32.1. The number of nitrogens with one attached hydrogen (secondary N) is 1. The van der Waals surface area contributed by atoms with Gasteiger partial charge in [-0.2, -0.15) is 0 Å². The number of para-hydroxylation sites is 1. The van der Waals surface area contributed by atoms with Gasteiger partial charge in [0.05, 0.1) is 16.8 Å². The van der Waals surface area contributed by atoms with Gasteiger partial charge in [-0.1, -0.05) is 6.07 Å². The van der Waals surface area contributed by atoms with Crippen molar-refractivity contribution in [1.82, 2.24) is 15.0 Å². The number of hydrogen-bond acceptors (Lipinski definition) is 5. The molecule has 0 bridgehead atoms. The second-order valence-corrected chi connectivity index (χ2v) is 4.84. The Hall–Kier alpha value is -2.34. The summed E-state index contributed by atoms with van der Waals surface area (Å²) in [6, 6.07) is 5.35. The van der Waals surface area contributed by atoms with E-state index in [4.69, 9.17) is 0 Å². The van der Waals surface area contributed by atoms with Crippen LogP contribution in [0.15, 0.2) is 36.0 Å². The Bertz CT molecular complexity index is 748. The fourth-order valence-corrected chi connectivity index (χ4v) is 2.43. The van der Waals surface area contributed by atoms with Crippen LogP contribution in [0.5, 0.6) is 0 Å². The van der Waals surface area contributed by atoms with E-state index in [1.54, 1.807) is 24.5 Å². The molecule has 0 aliphatic rings. The Kier molecular flexibility index (Phi) is 2.92. The van der Waals surface area contributed by atoms with Crippen LogP contribution in [-0.2, 0) is 0 Å². The van der Waals surface area contributed by atoms with Crippen LogP contribution in [0, 0.1) is 6.92 Å². The molecule has 0 aliphatic carbocycles. The van der Waals surface area contributed by atoms with Crippen molar-refractivity contribution < 1.29 is 4.79 Å². The first-order valence-corrected chi connectivity index (χ1v) is 6.55. The van der Waals surface area contributed by atoms with Crippen molar-refractivity contribution in [2.24, 2.45) is 0 Å². The lowest BCUT2D eigenvalue weighted by Crippen LogP contribution is -2.12. The number of aromatic nitrogens is 3. The third kappa shape index (κ3) is 2.30. The summed E-state index contributed by atoms with van der Waals surface area (Å²) in [6.45, 7) is 1.88. The number of carbonyl (C=O) groups is 1. The molecule has 1 N–H and O–H groups in total. The van der Waals surface area contributed by atoms with E-state index in [-0.39, 0.29) is 5.91 Å². The Balaban J connectivity index is 1.97. The quantitative estimate of drug-likeness (QED) is 0.777. The molecule has 0 radical (unpaired) electrons. The van der Waals surface area contributed by atoms with Crippen LogP contribution in [-0.4, -0.2) is 20.9 Å². The first-order valence-electron chi connectivity index (χ1n) is 5.67. The van der Waals surface area contributed by atoms with Gasteiger partial charge >= 0.3 is 0 Å². The molecule has 94 valence electrons. The summed E-state index contributed by atoms with van der Waals surface area (Å²) >= 11 is 1.40. The lowest BCUT2D eigenvalue weighted by molar-refractivity contribution is 0.102. The van der Waals surface area contributed by atoms with Crippen molar-refractivity contribution >= 4 is 33.4 Å². The van der Waals surface area contributed by atoms with Gasteiger partial charge in [0.1, 0.15) is 5.52 Å². The number of carbonyl (C=O) groups excluding carboxylic acids is 1. The Morgan fingerprint density at radius 1 is 1.26 bits per heavy atom. The fourth-order valence-electron chi connectivity index (χ4n) is 1.75. The average Bonchev–Trinajstić information content (AvgIpc) is 2.83. The molecule has 0 aliphatic heterocycles. The second-order valence-electron chi connectivity index (χ2n) is 3.98. The molecule has 2 aromatic heterocycles. The third-order valence-electron chi connectivity index (χ3n) is 2.58. The fraction of sp³-hybridized carbons (Fsp3) is 0.0769. The molecule has 0 unspecified atom stereocenters. The summed E-state index contributed by atoms with van der Waals surface area (Å²) in [5, 5.41) is 5.25. The molecule has 5 nitrogen and oxygen atoms in total. The van der Waals surface area contributed by atoms with E-state index in [1.807, 2.05) is 18.4 Å². The maximum absolute atomic E-state index is 12.2. The monoisotopic (exact) mass is 270 g/mol. The summed E-state index contributed by atoms with van der Waals surface area (Å²) < 4.78 is 0. The standard InChI is InChI=1S/C13H10N4OS/c1-8-7-19-13(16-8)17-12(18)9-3-2-4-10-11(9)15-6-5-14-10/h2-7H,1H3,(H,16,17,18). The van der Waals surface area contributed by atoms with Crippen molar-refractivity contribution in [1.29, 1.82) is 0 Å². The molecular weight excluding hydrogens is 260 g/mol. The summed E-state index contributed by atoms with van der Waals surface area (Å²) in [5.41, 5.74) is 2.68. The van der Waals surface area contributed by atoms with Gasteiger partial charge in [-0.05, 0) is 19.1 Å². The zero-order chi connectivity index (χ0) is 13.2. The van der Waals surface area contributed by atoms with Gasteiger partial charge in [0, 0.05) is 17.8 Å². The zero-order valence-electron chi connectivity index (χ0n) is 10.1. The number of amides is 1. The van der Waals surface area contributed by atoms with Gasteiger partial charge in [0.25, 0.3) is 5.91 Å². The van der Waals surface area contributed by atoms with Gasteiger partial charge in [-0.3, -0.25) is 20.1 Å². The zero-order valence-corrected chi connectivity index (χ0v) is 10.9. The summed E-state index contributed by atoms with van der Waals surface area (Å²) in [7, 11) is 0. The number of nitrogens with zero attached hydrogens (tertiary/aromatic N) is 3. The van der Waals surface area contributed by atoms with Crippen LogP contribution in [0.25, 0.3) is 11.0 Å². The highest BCUT2D eigenvalue weighted by molar-refractivity contribution is 7.13. The van der Waals surface area contributed by atoms with E-state index in [2.05, 4.69) is 20.3 Å². The highest BCUT2D eigenvalue weighted by Crippen LogP contribution is 2.18. The van der Waals surface area contributed by atoms with Gasteiger partial charge in [0.2, 0.25) is 0 Å². The lowest BCUT2D eigenvalue weighted by atomic mass is 10.1. The maximum atomic E-state index is 12.2. The first-order chi connectivity index (χ1) is 9.24. The van der Waals surface area contributed by atoms with E-state index in [0.717, 1.165) is 5.69 Å². The number of thiazole rings is 1. The number of rotatable bonds is 2. The molecular formula is C13H10N4OS. The van der Waals surface area contributed by atoms with Crippen LogP contribution in [0.3, 0.4) is 0 Å². The van der Waals surface area contributed by atoms with E-state index < -0.39 is 0 Å². The number of anilines is 1. The average molecular weight is 270 g/mol. The number of hydrogen-bond donors (Lipinski definition) is 1. The predicted octanol–water partition coefficient (Wildman–Crippen LogP) is 2.65. The van der Waals surface area contributed by atoms with Crippen LogP contribution >= 0.6 is 11.3 Å². The van der Waals surface area contributed by atoms with Crippen LogP contribution in [0.1, 0.15) is 16.1 Å². The summed E-state index contributed by atoms with van der Waals surface area (Å²) in [4.78, 5) is 24.8. The molecule has 0 atom stereocenters. The van der Waals surface area contributed by atoms with Gasteiger partial charge in [-0.25, -0.2) is 4.98 Å². The molecule has 3 rings (SSSR count). The van der Waals surface area contributed by atoms with Gasteiger partial charge < -0.3 is 0 Å². The van der Waals surface area contributed by atoms with Crippen molar-refractivity contribution in [2.75, 3.05) is 5.32 Å². The van der Waals surface area contributed by atoms with Crippen molar-refractivity contribution in [3.63, 3.8) is 0 Å². The summed E-state index contributed by atoms with van der Waals surface area (Å²) in [5.74, 6) is -0.222. The summed E-state index contributed by atoms with van der Waals surface area (Å²) in [6.07, 6.45) is 3.18. The predicted molar refractivity (Wildman–Crippen MR) is 74.3 cm³/mol. The molecule has 6 heteroatoms. The number of aryl methyl sites for hydroxylation is 1. The van der Waals surface area contributed by atoms with E-state index in [1.165, 1.54) is 11.3 Å². The Labute approximate surface area is 113 Å². The Morgan fingerprint density at radius 2 is 2.11 bits per heavy atom. The van der Waals surface area contributed by atoms with E-state index in [9.17, 15) is 4.79 Å². The molecule has 0 saturated heterocycles. The van der Waals surface area contributed by atoms with Crippen molar-refractivity contribution in [3.05, 3.63) is 47.2 Å². The SMILES string of the molecule is Cc1csc(NC(=O)c2cccc3nccnc23)n1. The second kappa shape index (κ2) is 4.74. The molecule has 2 heterocycles. The molecule has 19 heavy (non-hydrogen) atoms. The molecule has 1 amide bonds. The number of benzene rings is 1. The van der Waals surface area contributed by atoms with E-state index in [0.29, 0.717) is 21.7 Å². The molecule has 3 aromatic rings. The topological polar surface area (TPSA) is 67.8 Å². The lowest BCUT2D eigenvalue weighted by Gasteiger charge is -2.04. The largest absolute Gasteiger partial charge is 0.298 e. The normalized spacial score (nSPS) is 10.6. The van der Waals surface area contributed by atoms with E-state index >= 15 is 0 Å². The van der Waals surface area contributed by atoms with Crippen molar-refractivity contribution in [3.8, 4) is 0 Å². The molecule has 0 saturated carbocycles. The minimum Gasteiger partial charge on any atom is -0.298 e. The van der Waals surface area contributed by atoms with Crippen LogP contribution in [0.2, 0.25) is 0 Å². The molecule has 0 fully saturated rings. The third-order valence-corrected chi connectivity index (χ3v) is 3.46. The van der Waals surface area contributed by atoms with Gasteiger partial charge in [0.15, 0.2) is 5.13 Å². The maximum Gasteiger partial charge on any atom is 0.259 e. The minimum absolute atomic E-state index is 0.222. The molecule has 0 spiro atoms. The van der Waals surface area contributed by atoms with Crippen LogP contribution in [0.4, 0.5) is 5.13 Å². The molecule has 1 aromatic carbocycles. The minimum atomic E-state index is -0.222.